The average molecular weight is 449 g/mol. The van der Waals surface area contributed by atoms with Crippen molar-refractivity contribution in [2.45, 2.75) is 0 Å². The van der Waals surface area contributed by atoms with Crippen LogP contribution in [0.3, 0.4) is 0 Å². The summed E-state index contributed by atoms with van der Waals surface area (Å²) in [5, 5.41) is 3.22. The molecule has 3 rings (SSSR count). The molecule has 0 aliphatic carbocycles. The van der Waals surface area contributed by atoms with Crippen molar-refractivity contribution in [2.75, 3.05) is 0 Å². The lowest BCUT2D eigenvalue weighted by Gasteiger charge is -2.17. The quantitative estimate of drug-likeness (QED) is 0.423. The topological polar surface area (TPSA) is 0 Å². The first kappa shape index (κ1) is 19.2. The lowest BCUT2D eigenvalue weighted by Crippen LogP contribution is -2.52. The molecule has 0 aromatic heterocycles. The van der Waals surface area contributed by atoms with E-state index in [4.69, 9.17) is 69.6 Å². The molecule has 0 spiro atoms. The van der Waals surface area contributed by atoms with Crippen molar-refractivity contribution in [3.05, 3.63) is 84.7 Å². The van der Waals surface area contributed by atoms with Gasteiger partial charge in [0.2, 0.25) is 6.71 Å². The summed E-state index contributed by atoms with van der Waals surface area (Å²) in [5.41, 5.74) is 2.65. The Morgan fingerprint density at radius 3 is 0.760 bits per heavy atom. The number of hydrogen-bond donors (Lipinski definition) is 0. The molecule has 0 aliphatic heterocycles. The molecule has 126 valence electrons. The van der Waals surface area contributed by atoms with Gasteiger partial charge in [-0.25, -0.2) is 0 Å². The van der Waals surface area contributed by atoms with Gasteiger partial charge in [-0.2, -0.15) is 0 Å². The Kier molecular flexibility index (Phi) is 6.16. The van der Waals surface area contributed by atoms with Gasteiger partial charge < -0.3 is 0 Å². The third-order valence-corrected chi connectivity index (χ3v) is 4.96. The van der Waals surface area contributed by atoms with Gasteiger partial charge in [-0.05, 0) is 54.6 Å². The van der Waals surface area contributed by atoms with Crippen LogP contribution in [0.25, 0.3) is 0 Å². The summed E-state index contributed by atoms with van der Waals surface area (Å²) in [7, 11) is 0. The summed E-state index contributed by atoms with van der Waals surface area (Å²) in [6.45, 7) is -0.233. The van der Waals surface area contributed by atoms with Gasteiger partial charge in [-0.15, -0.1) is 0 Å². The Balaban J connectivity index is 2.27. The zero-order chi connectivity index (χ0) is 18.1. The van der Waals surface area contributed by atoms with Crippen LogP contribution in [0.2, 0.25) is 30.1 Å². The molecular formula is C18H9BCl6. The Morgan fingerprint density at radius 1 is 0.360 bits per heavy atom. The molecule has 0 N–H and O–H groups in total. The Labute approximate surface area is 176 Å². The van der Waals surface area contributed by atoms with Crippen LogP contribution < -0.4 is 16.4 Å². The van der Waals surface area contributed by atoms with Gasteiger partial charge in [0, 0.05) is 30.1 Å². The Bertz CT molecular complexity index is 758. The molecular weight excluding hydrogens is 440 g/mol. The molecule has 0 bridgehead atoms. The summed E-state index contributed by atoms with van der Waals surface area (Å²) in [4.78, 5) is 0. The predicted octanol–water partition coefficient (Wildman–Crippen LogP) is 6.12. The van der Waals surface area contributed by atoms with Crippen LogP contribution in [0.1, 0.15) is 0 Å². The van der Waals surface area contributed by atoms with E-state index in [0.717, 1.165) is 16.4 Å². The SMILES string of the molecule is Clc1cc(Cl)cc(B(c2cc(Cl)cc(Cl)c2)c2cc(Cl)cc(Cl)c2)c1. The van der Waals surface area contributed by atoms with Gasteiger partial charge in [0.15, 0.2) is 0 Å². The largest absolute Gasteiger partial charge is 0.241 e. The summed E-state index contributed by atoms with van der Waals surface area (Å²) in [6.07, 6.45) is 0. The second-order valence-corrected chi connectivity index (χ2v) is 8.16. The van der Waals surface area contributed by atoms with Crippen LogP contribution in [0.4, 0.5) is 0 Å². The fourth-order valence-corrected chi connectivity index (χ4v) is 4.43. The predicted molar refractivity (Wildman–Crippen MR) is 114 cm³/mol. The van der Waals surface area contributed by atoms with E-state index >= 15 is 0 Å². The van der Waals surface area contributed by atoms with Crippen molar-refractivity contribution < 1.29 is 0 Å². The normalized spacial score (nSPS) is 10.8. The van der Waals surface area contributed by atoms with E-state index in [0.29, 0.717) is 30.1 Å². The molecule has 0 heterocycles. The molecule has 7 heteroatoms. The average Bonchev–Trinajstić information content (AvgIpc) is 2.44. The first-order valence-electron chi connectivity index (χ1n) is 7.20. The highest BCUT2D eigenvalue weighted by molar-refractivity contribution is 6.96. The van der Waals surface area contributed by atoms with E-state index in [1.165, 1.54) is 0 Å². The van der Waals surface area contributed by atoms with Crippen molar-refractivity contribution in [2.24, 2.45) is 0 Å². The maximum Gasteiger partial charge on any atom is 0.241 e. The fraction of sp³-hybridized carbons (Fsp3) is 0. The molecule has 0 fully saturated rings. The molecule has 0 nitrogen and oxygen atoms in total. The van der Waals surface area contributed by atoms with Crippen LogP contribution in [-0.4, -0.2) is 6.71 Å². The van der Waals surface area contributed by atoms with Crippen LogP contribution in [0, 0.1) is 0 Å². The minimum absolute atomic E-state index is 0.233. The van der Waals surface area contributed by atoms with E-state index in [-0.39, 0.29) is 6.71 Å². The van der Waals surface area contributed by atoms with Gasteiger partial charge >= 0.3 is 0 Å². The number of halogens is 6. The molecule has 0 amide bonds. The highest BCUT2D eigenvalue weighted by Crippen LogP contribution is 2.19. The zero-order valence-corrected chi connectivity index (χ0v) is 17.1. The van der Waals surface area contributed by atoms with Gasteiger partial charge in [0.1, 0.15) is 0 Å². The second-order valence-electron chi connectivity index (χ2n) is 5.54. The summed E-state index contributed by atoms with van der Waals surface area (Å²) in [6, 6.07) is 16.1. The molecule has 0 aliphatic rings. The second kappa shape index (κ2) is 8.00. The maximum absolute atomic E-state index is 6.21. The first-order chi connectivity index (χ1) is 11.8. The molecule has 0 unspecified atom stereocenters. The van der Waals surface area contributed by atoms with Crippen LogP contribution >= 0.6 is 69.6 Å². The van der Waals surface area contributed by atoms with Gasteiger partial charge in [0.05, 0.1) is 0 Å². The molecule has 0 saturated carbocycles. The smallest absolute Gasteiger partial charge is 0.0843 e. The van der Waals surface area contributed by atoms with E-state index in [2.05, 4.69) is 0 Å². The standard InChI is InChI=1S/C18H9BCl6/c20-13-1-10(2-14(21)7-13)19(11-3-15(22)8-16(23)4-11)12-5-17(24)9-18(25)6-12/h1-9H. The Morgan fingerprint density at radius 2 is 0.560 bits per heavy atom. The van der Waals surface area contributed by atoms with E-state index < -0.39 is 0 Å². The zero-order valence-electron chi connectivity index (χ0n) is 12.5. The monoisotopic (exact) mass is 446 g/mol. The number of hydrogen-bond acceptors (Lipinski definition) is 0. The van der Waals surface area contributed by atoms with E-state index in [9.17, 15) is 0 Å². The first-order valence-corrected chi connectivity index (χ1v) is 9.46. The maximum atomic E-state index is 6.21. The highest BCUT2D eigenvalue weighted by atomic mass is 35.5. The lowest BCUT2D eigenvalue weighted by atomic mass is 9.37. The van der Waals surface area contributed by atoms with Crippen LogP contribution in [0.5, 0.6) is 0 Å². The lowest BCUT2D eigenvalue weighted by molar-refractivity contribution is 1.70. The minimum Gasteiger partial charge on any atom is -0.0843 e. The highest BCUT2D eigenvalue weighted by Gasteiger charge is 2.24. The summed E-state index contributed by atoms with van der Waals surface area (Å²) in [5.74, 6) is 0. The Hall–Kier alpha value is -0.535. The molecule has 0 atom stereocenters. The molecule has 0 radical (unpaired) electrons. The number of benzene rings is 3. The van der Waals surface area contributed by atoms with Crippen molar-refractivity contribution in [1.82, 2.24) is 0 Å². The molecule has 3 aromatic carbocycles. The van der Waals surface area contributed by atoms with Crippen LogP contribution in [-0.2, 0) is 0 Å². The minimum atomic E-state index is -0.233. The molecule has 25 heavy (non-hydrogen) atoms. The molecule has 3 aromatic rings. The van der Waals surface area contributed by atoms with Crippen molar-refractivity contribution in [1.29, 1.82) is 0 Å². The van der Waals surface area contributed by atoms with E-state index in [1.807, 2.05) is 36.4 Å². The third-order valence-electron chi connectivity index (χ3n) is 3.65. The van der Waals surface area contributed by atoms with Crippen molar-refractivity contribution >= 4 is 92.7 Å². The number of rotatable bonds is 3. The van der Waals surface area contributed by atoms with Crippen molar-refractivity contribution in [3.63, 3.8) is 0 Å². The van der Waals surface area contributed by atoms with Crippen LogP contribution in [0.15, 0.2) is 54.6 Å². The van der Waals surface area contributed by atoms with Gasteiger partial charge in [-0.3, -0.25) is 0 Å². The summed E-state index contributed by atoms with van der Waals surface area (Å²) >= 11 is 37.2. The van der Waals surface area contributed by atoms with Gasteiger partial charge in [-0.1, -0.05) is 86.0 Å². The molecule has 0 saturated heterocycles. The summed E-state index contributed by atoms with van der Waals surface area (Å²) < 4.78 is 0. The fourth-order valence-electron chi connectivity index (χ4n) is 2.80. The van der Waals surface area contributed by atoms with Gasteiger partial charge in [0.25, 0.3) is 0 Å². The van der Waals surface area contributed by atoms with E-state index in [1.54, 1.807) is 18.2 Å². The third kappa shape index (κ3) is 4.80. The van der Waals surface area contributed by atoms with Crippen molar-refractivity contribution in [3.8, 4) is 0 Å².